The first-order chi connectivity index (χ1) is 11.5. The van der Waals surface area contributed by atoms with E-state index in [1.165, 1.54) is 6.07 Å². The summed E-state index contributed by atoms with van der Waals surface area (Å²) in [6.45, 7) is 1.93. The highest BCUT2D eigenvalue weighted by molar-refractivity contribution is 7.71. The smallest absolute Gasteiger partial charge is 0.200 e. The molecule has 3 rings (SSSR count). The Morgan fingerprint density at radius 2 is 2.00 bits per heavy atom. The highest BCUT2D eigenvalue weighted by Crippen LogP contribution is 2.35. The van der Waals surface area contributed by atoms with E-state index in [1.54, 1.807) is 10.6 Å². The second-order valence-electron chi connectivity index (χ2n) is 5.34. The molecule has 0 aliphatic carbocycles. The van der Waals surface area contributed by atoms with Crippen LogP contribution < -0.4 is 5.32 Å². The second-order valence-corrected chi connectivity index (χ2v) is 5.73. The van der Waals surface area contributed by atoms with E-state index in [0.29, 0.717) is 22.6 Å². The van der Waals surface area contributed by atoms with E-state index >= 15 is 0 Å². The fourth-order valence-corrected chi connectivity index (χ4v) is 2.84. The van der Waals surface area contributed by atoms with Gasteiger partial charge in [0.2, 0.25) is 0 Å². The van der Waals surface area contributed by atoms with Crippen LogP contribution in [-0.4, -0.2) is 32.0 Å². The van der Waals surface area contributed by atoms with Crippen molar-refractivity contribution in [3.63, 3.8) is 0 Å². The van der Waals surface area contributed by atoms with Crippen LogP contribution in [0, 0.1) is 4.77 Å². The lowest BCUT2D eigenvalue weighted by atomic mass is 10.1. The Hall–Kier alpha value is -2.80. The standard InChI is InChI=1S/C17H18N4O2S/c1-3-10-7-13(15(23)9-14(10)22)16-19-20-17(24)21(16)12-6-4-5-11(8-12)18-2/h4-9,18,22-23H,3H2,1-2H3,(H,20,24). The molecule has 1 aromatic heterocycles. The minimum absolute atomic E-state index is 0.0512. The Labute approximate surface area is 144 Å². The van der Waals surface area contributed by atoms with Crippen LogP contribution >= 0.6 is 12.2 Å². The van der Waals surface area contributed by atoms with Crippen LogP contribution in [0.3, 0.4) is 0 Å². The molecule has 0 saturated carbocycles. The van der Waals surface area contributed by atoms with Gasteiger partial charge in [0.25, 0.3) is 0 Å². The lowest BCUT2D eigenvalue weighted by Gasteiger charge is -2.11. The molecule has 0 aliphatic rings. The van der Waals surface area contributed by atoms with E-state index in [4.69, 9.17) is 12.2 Å². The monoisotopic (exact) mass is 342 g/mol. The number of phenolic OH excluding ortho intramolecular Hbond substituents is 2. The van der Waals surface area contributed by atoms with Crippen LogP contribution in [0.4, 0.5) is 5.69 Å². The molecule has 1 heterocycles. The van der Waals surface area contributed by atoms with Gasteiger partial charge in [-0.1, -0.05) is 13.0 Å². The number of aromatic hydroxyl groups is 2. The SMILES string of the molecule is CCc1cc(-c2n[nH]c(=S)n2-c2cccc(NC)c2)c(O)cc1O. The van der Waals surface area contributed by atoms with Gasteiger partial charge in [-0.05, 0) is 48.5 Å². The van der Waals surface area contributed by atoms with Crippen molar-refractivity contribution in [1.29, 1.82) is 0 Å². The molecule has 4 N–H and O–H groups in total. The maximum Gasteiger partial charge on any atom is 0.200 e. The number of aryl methyl sites for hydroxylation is 1. The van der Waals surface area contributed by atoms with Crippen molar-refractivity contribution >= 4 is 17.9 Å². The van der Waals surface area contributed by atoms with Crippen molar-refractivity contribution in [3.8, 4) is 28.6 Å². The molecule has 7 heteroatoms. The molecular weight excluding hydrogens is 324 g/mol. The lowest BCUT2D eigenvalue weighted by molar-refractivity contribution is 0.447. The molecule has 0 spiro atoms. The molecule has 3 aromatic rings. The Balaban J connectivity index is 2.23. The van der Waals surface area contributed by atoms with E-state index in [1.807, 2.05) is 38.2 Å². The van der Waals surface area contributed by atoms with Crippen molar-refractivity contribution in [3.05, 3.63) is 46.7 Å². The van der Waals surface area contributed by atoms with Gasteiger partial charge >= 0.3 is 0 Å². The molecule has 0 bridgehead atoms. The van der Waals surface area contributed by atoms with Crippen LogP contribution in [0.2, 0.25) is 0 Å². The Kier molecular flexibility index (Phi) is 4.26. The van der Waals surface area contributed by atoms with Gasteiger partial charge in [0, 0.05) is 18.8 Å². The fourth-order valence-electron chi connectivity index (χ4n) is 2.60. The van der Waals surface area contributed by atoms with E-state index in [9.17, 15) is 10.2 Å². The van der Waals surface area contributed by atoms with Crippen LogP contribution in [0.5, 0.6) is 11.5 Å². The molecule has 0 amide bonds. The average Bonchev–Trinajstić information content (AvgIpc) is 2.96. The predicted octanol–water partition coefficient (Wildman–Crippen LogP) is 3.61. The number of anilines is 1. The Morgan fingerprint density at radius 3 is 2.71 bits per heavy atom. The molecule has 24 heavy (non-hydrogen) atoms. The molecule has 0 aliphatic heterocycles. The first-order valence-corrected chi connectivity index (χ1v) is 7.96. The highest BCUT2D eigenvalue weighted by Gasteiger charge is 2.17. The van der Waals surface area contributed by atoms with Gasteiger partial charge in [-0.15, -0.1) is 0 Å². The number of rotatable bonds is 4. The van der Waals surface area contributed by atoms with Gasteiger partial charge in [0.05, 0.1) is 11.3 Å². The Bertz CT molecular complexity index is 946. The third-order valence-corrected chi connectivity index (χ3v) is 4.16. The number of aromatic amines is 1. The third kappa shape index (κ3) is 2.74. The maximum absolute atomic E-state index is 10.3. The molecule has 0 radical (unpaired) electrons. The van der Waals surface area contributed by atoms with Crippen LogP contribution in [0.1, 0.15) is 12.5 Å². The summed E-state index contributed by atoms with van der Waals surface area (Å²) >= 11 is 5.36. The minimum Gasteiger partial charge on any atom is -0.508 e. The van der Waals surface area contributed by atoms with E-state index in [0.717, 1.165) is 16.9 Å². The lowest BCUT2D eigenvalue weighted by Crippen LogP contribution is -2.00. The number of nitrogens with zero attached hydrogens (tertiary/aromatic N) is 2. The van der Waals surface area contributed by atoms with Gasteiger partial charge in [0.1, 0.15) is 11.5 Å². The first kappa shape index (κ1) is 16.1. The summed E-state index contributed by atoms with van der Waals surface area (Å²) in [7, 11) is 1.84. The summed E-state index contributed by atoms with van der Waals surface area (Å²) in [6.07, 6.45) is 0.638. The second kappa shape index (κ2) is 6.37. The molecule has 0 saturated heterocycles. The van der Waals surface area contributed by atoms with E-state index in [2.05, 4.69) is 15.5 Å². The summed E-state index contributed by atoms with van der Waals surface area (Å²) in [5, 5.41) is 30.3. The quantitative estimate of drug-likeness (QED) is 0.544. The minimum atomic E-state index is -0.0512. The van der Waals surface area contributed by atoms with Crippen LogP contribution in [-0.2, 0) is 6.42 Å². The molecular formula is C17H18N4O2S. The van der Waals surface area contributed by atoms with Gasteiger partial charge < -0.3 is 15.5 Å². The predicted molar refractivity (Wildman–Crippen MR) is 96.4 cm³/mol. The van der Waals surface area contributed by atoms with Crippen molar-refractivity contribution in [1.82, 2.24) is 14.8 Å². The summed E-state index contributed by atoms with van der Waals surface area (Å²) in [4.78, 5) is 0. The summed E-state index contributed by atoms with van der Waals surface area (Å²) in [5.74, 6) is 0.502. The maximum atomic E-state index is 10.3. The zero-order valence-electron chi connectivity index (χ0n) is 13.4. The fraction of sp³-hybridized carbons (Fsp3) is 0.176. The zero-order chi connectivity index (χ0) is 17.3. The van der Waals surface area contributed by atoms with E-state index < -0.39 is 0 Å². The topological polar surface area (TPSA) is 86.1 Å². The number of H-pyrrole nitrogens is 1. The van der Waals surface area contributed by atoms with Crippen molar-refractivity contribution < 1.29 is 10.2 Å². The van der Waals surface area contributed by atoms with Crippen LogP contribution in [0.25, 0.3) is 17.1 Å². The van der Waals surface area contributed by atoms with Gasteiger partial charge in [-0.25, -0.2) is 0 Å². The first-order valence-electron chi connectivity index (χ1n) is 7.56. The molecule has 6 nitrogen and oxygen atoms in total. The molecule has 124 valence electrons. The number of benzene rings is 2. The van der Waals surface area contributed by atoms with Gasteiger partial charge in [-0.3, -0.25) is 9.67 Å². The largest absolute Gasteiger partial charge is 0.508 e. The van der Waals surface area contributed by atoms with Gasteiger partial charge in [-0.2, -0.15) is 5.10 Å². The Morgan fingerprint density at radius 1 is 1.21 bits per heavy atom. The molecule has 0 fully saturated rings. The number of phenols is 2. The van der Waals surface area contributed by atoms with E-state index in [-0.39, 0.29) is 11.5 Å². The number of nitrogens with one attached hydrogen (secondary N) is 2. The molecule has 0 atom stereocenters. The highest BCUT2D eigenvalue weighted by atomic mass is 32.1. The number of aromatic nitrogens is 3. The summed E-state index contributed by atoms with van der Waals surface area (Å²) in [5.41, 5.74) is 2.99. The van der Waals surface area contributed by atoms with Gasteiger partial charge in [0.15, 0.2) is 10.6 Å². The summed E-state index contributed by atoms with van der Waals surface area (Å²) < 4.78 is 2.17. The number of hydrogen-bond donors (Lipinski definition) is 4. The summed E-state index contributed by atoms with van der Waals surface area (Å²) in [6, 6.07) is 10.8. The zero-order valence-corrected chi connectivity index (χ0v) is 14.2. The van der Waals surface area contributed by atoms with Crippen molar-refractivity contribution in [2.45, 2.75) is 13.3 Å². The van der Waals surface area contributed by atoms with Crippen molar-refractivity contribution in [2.75, 3.05) is 12.4 Å². The van der Waals surface area contributed by atoms with Crippen molar-refractivity contribution in [2.24, 2.45) is 0 Å². The average molecular weight is 342 g/mol. The molecule has 0 unspecified atom stereocenters. The normalized spacial score (nSPS) is 10.8. The van der Waals surface area contributed by atoms with Crippen LogP contribution in [0.15, 0.2) is 36.4 Å². The third-order valence-electron chi connectivity index (χ3n) is 3.88. The molecule has 2 aromatic carbocycles. The number of hydrogen-bond acceptors (Lipinski definition) is 5.